The van der Waals surface area contributed by atoms with Gasteiger partial charge in [0.2, 0.25) is 5.88 Å². The summed E-state index contributed by atoms with van der Waals surface area (Å²) in [5.41, 5.74) is 2.62. The lowest BCUT2D eigenvalue weighted by molar-refractivity contribution is -0.121. The molecule has 9 nitrogen and oxygen atoms in total. The summed E-state index contributed by atoms with van der Waals surface area (Å²) in [4.78, 5) is 24.5. The van der Waals surface area contributed by atoms with E-state index < -0.39 is 11.6 Å². The van der Waals surface area contributed by atoms with Crippen LogP contribution >= 0.6 is 11.6 Å². The van der Waals surface area contributed by atoms with Gasteiger partial charge in [0, 0.05) is 36.2 Å². The van der Waals surface area contributed by atoms with Gasteiger partial charge in [0.25, 0.3) is 5.91 Å². The molecule has 0 fully saturated rings. The highest BCUT2D eigenvalue weighted by Gasteiger charge is 2.39. The molecule has 10 heteroatoms. The number of amides is 1. The number of nitrogens with one attached hydrogen (secondary N) is 3. The normalized spacial score (nSPS) is 18.0. The van der Waals surface area contributed by atoms with Crippen molar-refractivity contribution in [3.8, 4) is 11.6 Å². The quantitative estimate of drug-likeness (QED) is 0.310. The first kappa shape index (κ1) is 23.1. The number of carbonyl (C=O) groups is 1. The van der Waals surface area contributed by atoms with Crippen molar-refractivity contribution in [1.82, 2.24) is 15.0 Å². The maximum absolute atomic E-state index is 12.6. The highest BCUT2D eigenvalue weighted by atomic mass is 35.5. The topological polar surface area (TPSA) is 121 Å². The molecule has 0 saturated heterocycles. The summed E-state index contributed by atoms with van der Waals surface area (Å²) in [5, 5.41) is 18.5. The molecule has 4 aromatic rings. The molecule has 0 bridgehead atoms. The Morgan fingerprint density at radius 2 is 2.06 bits per heavy atom. The molecule has 1 amide bonds. The molecule has 1 aliphatic heterocycles. The van der Waals surface area contributed by atoms with Crippen LogP contribution in [0.2, 0.25) is 5.02 Å². The third-order valence-corrected chi connectivity index (χ3v) is 6.29. The number of nitrogens with zero attached hydrogens (tertiary/aromatic N) is 2. The summed E-state index contributed by atoms with van der Waals surface area (Å²) in [6.45, 7) is 3.79. The zero-order valence-electron chi connectivity index (χ0n) is 19.3. The molecule has 0 saturated carbocycles. The van der Waals surface area contributed by atoms with Gasteiger partial charge < -0.3 is 30.2 Å². The van der Waals surface area contributed by atoms with Crippen LogP contribution in [0.4, 0.5) is 11.4 Å². The van der Waals surface area contributed by atoms with Crippen molar-refractivity contribution >= 4 is 39.9 Å². The molecule has 5 rings (SSSR count). The lowest BCUT2D eigenvalue weighted by Gasteiger charge is -2.35. The van der Waals surface area contributed by atoms with E-state index >= 15 is 0 Å². The minimum atomic E-state index is -1.07. The summed E-state index contributed by atoms with van der Waals surface area (Å²) in [7, 11) is 1.54. The van der Waals surface area contributed by atoms with Crippen molar-refractivity contribution in [2.24, 2.45) is 0 Å². The van der Waals surface area contributed by atoms with E-state index in [1.165, 1.54) is 7.11 Å². The van der Waals surface area contributed by atoms with Gasteiger partial charge in [0.1, 0.15) is 23.0 Å². The third kappa shape index (κ3) is 4.18. The summed E-state index contributed by atoms with van der Waals surface area (Å²) in [6, 6.07) is 10.6. The van der Waals surface area contributed by atoms with Crippen LogP contribution in [0.3, 0.4) is 0 Å². The Morgan fingerprint density at radius 3 is 2.80 bits per heavy atom. The summed E-state index contributed by atoms with van der Waals surface area (Å²) in [6.07, 6.45) is 2.19. The van der Waals surface area contributed by atoms with Crippen LogP contribution in [0, 0.1) is 6.92 Å². The van der Waals surface area contributed by atoms with E-state index in [0.717, 1.165) is 5.69 Å². The molecule has 3 aromatic heterocycles. The minimum absolute atomic E-state index is 0.160. The van der Waals surface area contributed by atoms with Gasteiger partial charge in [-0.3, -0.25) is 4.79 Å². The average molecular weight is 494 g/mol. The summed E-state index contributed by atoms with van der Waals surface area (Å²) in [5.74, 6) is 0.727. The predicted octanol–water partition coefficient (Wildman–Crippen LogP) is 4.56. The van der Waals surface area contributed by atoms with Gasteiger partial charge in [0.15, 0.2) is 0 Å². The maximum atomic E-state index is 12.6. The SMILES string of the molecule is COC[C@]1(C)Nc2c(cnc3[nH]cc(C(O)c4ccc(Oc5cccc(C)n5)cc4Cl)c23)NC1=O. The second-order valence-electron chi connectivity index (χ2n) is 8.66. The number of aromatic amines is 1. The van der Waals surface area contributed by atoms with Crippen LogP contribution in [0.5, 0.6) is 11.6 Å². The van der Waals surface area contributed by atoms with E-state index in [-0.39, 0.29) is 12.5 Å². The molecule has 1 aliphatic rings. The number of benzene rings is 1. The van der Waals surface area contributed by atoms with E-state index in [4.69, 9.17) is 21.1 Å². The van der Waals surface area contributed by atoms with Gasteiger partial charge in [-0.05, 0) is 32.0 Å². The van der Waals surface area contributed by atoms with Crippen LogP contribution in [0.25, 0.3) is 11.0 Å². The average Bonchev–Trinajstić information content (AvgIpc) is 3.25. The Morgan fingerprint density at radius 1 is 1.23 bits per heavy atom. The number of carbonyl (C=O) groups excluding carboxylic acids is 1. The van der Waals surface area contributed by atoms with Gasteiger partial charge in [-0.25, -0.2) is 9.97 Å². The van der Waals surface area contributed by atoms with Crippen molar-refractivity contribution in [2.75, 3.05) is 24.4 Å². The summed E-state index contributed by atoms with van der Waals surface area (Å²) >= 11 is 6.56. The van der Waals surface area contributed by atoms with E-state index in [9.17, 15) is 9.90 Å². The largest absolute Gasteiger partial charge is 0.439 e. The van der Waals surface area contributed by atoms with Crippen molar-refractivity contribution in [1.29, 1.82) is 0 Å². The van der Waals surface area contributed by atoms with Crippen molar-refractivity contribution in [2.45, 2.75) is 25.5 Å². The molecule has 180 valence electrons. The molecule has 0 aliphatic carbocycles. The molecule has 1 aromatic carbocycles. The standard InChI is InChI=1S/C25H24ClN5O4/c1-13-5-4-6-19(29-13)35-14-7-8-15(17(26)9-14)22(32)16-10-27-23-20(16)21-18(11-28-23)30-24(33)25(2,31-21)12-34-3/h4-11,22,31-32H,12H2,1-3H3,(H,27,28)(H,30,33)/t22?,25-/m0/s1. The molecular formula is C25H24ClN5O4. The van der Waals surface area contributed by atoms with Crippen molar-refractivity contribution in [3.05, 3.63) is 70.6 Å². The van der Waals surface area contributed by atoms with Crippen LogP contribution < -0.4 is 15.4 Å². The summed E-state index contributed by atoms with van der Waals surface area (Å²) < 4.78 is 11.1. The minimum Gasteiger partial charge on any atom is -0.439 e. The Hall–Kier alpha value is -3.66. The zero-order valence-corrected chi connectivity index (χ0v) is 20.1. The number of H-pyrrole nitrogens is 1. The molecule has 1 unspecified atom stereocenters. The number of fused-ring (bicyclic) bond motifs is 3. The van der Waals surface area contributed by atoms with Gasteiger partial charge in [0.05, 0.1) is 34.6 Å². The van der Waals surface area contributed by atoms with Gasteiger partial charge in [-0.2, -0.15) is 0 Å². The van der Waals surface area contributed by atoms with Crippen LogP contribution in [0.1, 0.15) is 29.8 Å². The van der Waals surface area contributed by atoms with E-state index in [1.807, 2.05) is 19.1 Å². The number of rotatable bonds is 6. The fraction of sp³-hybridized carbons (Fsp3) is 0.240. The van der Waals surface area contributed by atoms with Crippen LogP contribution in [-0.2, 0) is 9.53 Å². The number of ether oxygens (including phenoxy) is 2. The first-order valence-electron chi connectivity index (χ1n) is 11.0. The lowest BCUT2D eigenvalue weighted by Crippen LogP contribution is -2.53. The Bertz CT molecular complexity index is 1440. The van der Waals surface area contributed by atoms with E-state index in [2.05, 4.69) is 25.6 Å². The Labute approximate surface area is 206 Å². The predicted molar refractivity (Wildman–Crippen MR) is 133 cm³/mol. The highest BCUT2D eigenvalue weighted by Crippen LogP contribution is 2.42. The number of anilines is 2. The van der Waals surface area contributed by atoms with Crippen LogP contribution in [0.15, 0.2) is 48.8 Å². The number of methoxy groups -OCH3 is 1. The molecule has 4 N–H and O–H groups in total. The number of aryl methyl sites for hydroxylation is 1. The van der Waals surface area contributed by atoms with Crippen LogP contribution in [-0.4, -0.2) is 45.2 Å². The van der Waals surface area contributed by atoms with E-state index in [1.54, 1.807) is 43.6 Å². The maximum Gasteiger partial charge on any atom is 0.252 e. The first-order chi connectivity index (χ1) is 16.8. The number of aliphatic hydroxyl groups is 1. The third-order valence-electron chi connectivity index (χ3n) is 5.96. The molecule has 35 heavy (non-hydrogen) atoms. The molecule has 0 radical (unpaired) electrons. The van der Waals surface area contributed by atoms with Gasteiger partial charge in [-0.15, -0.1) is 0 Å². The number of halogens is 1. The van der Waals surface area contributed by atoms with E-state index in [0.29, 0.717) is 50.2 Å². The molecule has 0 spiro atoms. The molecule has 4 heterocycles. The number of pyridine rings is 2. The Balaban J connectivity index is 1.50. The number of aromatic nitrogens is 3. The number of aliphatic hydroxyl groups excluding tert-OH is 1. The van der Waals surface area contributed by atoms with Gasteiger partial charge >= 0.3 is 0 Å². The zero-order chi connectivity index (χ0) is 24.7. The Kier molecular flexibility index (Phi) is 5.84. The van der Waals surface area contributed by atoms with Crippen molar-refractivity contribution in [3.63, 3.8) is 0 Å². The fourth-order valence-electron chi connectivity index (χ4n) is 4.20. The smallest absolute Gasteiger partial charge is 0.252 e. The first-order valence-corrected chi connectivity index (χ1v) is 11.3. The van der Waals surface area contributed by atoms with Crippen molar-refractivity contribution < 1.29 is 19.4 Å². The second kappa shape index (κ2) is 8.84. The molecular weight excluding hydrogens is 470 g/mol. The fourth-order valence-corrected chi connectivity index (χ4v) is 4.47. The second-order valence-corrected chi connectivity index (χ2v) is 9.07. The number of hydrogen-bond acceptors (Lipinski definition) is 7. The monoisotopic (exact) mass is 493 g/mol. The molecule has 2 atom stereocenters. The lowest BCUT2D eigenvalue weighted by atomic mass is 9.95. The van der Waals surface area contributed by atoms with Gasteiger partial charge in [-0.1, -0.05) is 23.7 Å². The number of hydrogen-bond donors (Lipinski definition) is 4. The highest BCUT2D eigenvalue weighted by molar-refractivity contribution is 6.31.